The minimum absolute atomic E-state index is 0.226. The molecule has 0 aromatic heterocycles. The predicted octanol–water partition coefficient (Wildman–Crippen LogP) is 5.58. The van der Waals surface area contributed by atoms with Crippen LogP contribution >= 0.6 is 12.2 Å². The van der Waals surface area contributed by atoms with E-state index in [1.807, 2.05) is 31.2 Å². The van der Waals surface area contributed by atoms with E-state index in [9.17, 15) is 4.79 Å². The molecule has 6 nitrogen and oxygen atoms in total. The van der Waals surface area contributed by atoms with Gasteiger partial charge in [0.1, 0.15) is 18.1 Å². The Kier molecular flexibility index (Phi) is 12.2. The average molecular weight is 459 g/mol. The zero-order chi connectivity index (χ0) is 23.0. The van der Waals surface area contributed by atoms with Crippen LogP contribution in [0.5, 0.6) is 11.5 Å². The van der Waals surface area contributed by atoms with Crippen LogP contribution in [-0.2, 0) is 4.74 Å². The fourth-order valence-corrected chi connectivity index (χ4v) is 3.17. The minimum atomic E-state index is -0.289. The summed E-state index contributed by atoms with van der Waals surface area (Å²) in [5.74, 6) is 1.17. The summed E-state index contributed by atoms with van der Waals surface area (Å²) in [4.78, 5) is 12.4. The number of anilines is 1. The second-order valence-electron chi connectivity index (χ2n) is 7.27. The van der Waals surface area contributed by atoms with Gasteiger partial charge in [-0.25, -0.2) is 0 Å². The second kappa shape index (κ2) is 15.2. The molecule has 0 aliphatic rings. The van der Waals surface area contributed by atoms with E-state index in [-0.39, 0.29) is 11.0 Å². The number of unbranched alkanes of at least 4 members (excludes halogenated alkanes) is 4. The van der Waals surface area contributed by atoms with E-state index in [0.29, 0.717) is 37.7 Å². The summed E-state index contributed by atoms with van der Waals surface area (Å²) >= 11 is 5.29. The smallest absolute Gasteiger partial charge is 0.257 e. The van der Waals surface area contributed by atoms with E-state index >= 15 is 0 Å². The maximum absolute atomic E-state index is 12.4. The molecule has 7 heteroatoms. The van der Waals surface area contributed by atoms with Crippen molar-refractivity contribution in [1.82, 2.24) is 5.32 Å². The molecule has 0 aliphatic heterocycles. The Labute approximate surface area is 196 Å². The number of amides is 1. The topological polar surface area (TPSA) is 68.8 Å². The number of thiocarbonyl (C=S) groups is 1. The van der Waals surface area contributed by atoms with Crippen LogP contribution in [0.4, 0.5) is 5.69 Å². The van der Waals surface area contributed by atoms with Crippen LogP contribution in [-0.4, -0.2) is 37.4 Å². The number of ether oxygens (including phenoxy) is 3. The van der Waals surface area contributed by atoms with Crippen LogP contribution in [0.15, 0.2) is 48.5 Å². The van der Waals surface area contributed by atoms with Gasteiger partial charge in [0.05, 0.1) is 13.2 Å². The van der Waals surface area contributed by atoms with Crippen molar-refractivity contribution in [1.29, 1.82) is 0 Å². The fourth-order valence-electron chi connectivity index (χ4n) is 2.96. The normalized spacial score (nSPS) is 10.4. The summed E-state index contributed by atoms with van der Waals surface area (Å²) in [5, 5.41) is 5.95. The molecule has 174 valence electrons. The van der Waals surface area contributed by atoms with E-state index < -0.39 is 0 Å². The molecule has 0 atom stereocenters. The van der Waals surface area contributed by atoms with Gasteiger partial charge in [0, 0.05) is 23.9 Å². The van der Waals surface area contributed by atoms with Crippen molar-refractivity contribution in [2.75, 3.05) is 31.7 Å². The monoisotopic (exact) mass is 458 g/mol. The van der Waals surface area contributed by atoms with Crippen molar-refractivity contribution < 1.29 is 19.0 Å². The highest BCUT2D eigenvalue weighted by atomic mass is 32.1. The molecule has 0 radical (unpaired) electrons. The predicted molar refractivity (Wildman–Crippen MR) is 133 cm³/mol. The Balaban J connectivity index is 1.76. The Morgan fingerprint density at radius 3 is 2.38 bits per heavy atom. The molecule has 2 aromatic carbocycles. The number of hydrogen-bond acceptors (Lipinski definition) is 5. The maximum Gasteiger partial charge on any atom is 0.257 e. The summed E-state index contributed by atoms with van der Waals surface area (Å²) in [5.41, 5.74) is 1.25. The Hall–Kier alpha value is -2.64. The molecule has 0 fully saturated rings. The van der Waals surface area contributed by atoms with Crippen LogP contribution in [0.3, 0.4) is 0 Å². The lowest BCUT2D eigenvalue weighted by Crippen LogP contribution is -2.34. The summed E-state index contributed by atoms with van der Waals surface area (Å²) < 4.78 is 16.6. The zero-order valence-electron chi connectivity index (χ0n) is 19.0. The molecule has 0 saturated heterocycles. The second-order valence-corrected chi connectivity index (χ2v) is 7.68. The van der Waals surface area contributed by atoms with Gasteiger partial charge in [-0.15, -0.1) is 0 Å². The quantitative estimate of drug-likeness (QED) is 0.285. The summed E-state index contributed by atoms with van der Waals surface area (Å²) in [7, 11) is 0. The van der Waals surface area contributed by atoms with Gasteiger partial charge in [-0.3, -0.25) is 10.1 Å². The molecule has 0 spiro atoms. The highest BCUT2D eigenvalue weighted by Gasteiger charge is 2.09. The lowest BCUT2D eigenvalue weighted by Gasteiger charge is -2.12. The van der Waals surface area contributed by atoms with Crippen molar-refractivity contribution in [3.05, 3.63) is 54.1 Å². The van der Waals surface area contributed by atoms with Gasteiger partial charge in [-0.1, -0.05) is 38.7 Å². The first kappa shape index (κ1) is 25.6. The summed E-state index contributed by atoms with van der Waals surface area (Å²) in [6.07, 6.45) is 5.98. The Morgan fingerprint density at radius 1 is 0.875 bits per heavy atom. The molecule has 32 heavy (non-hydrogen) atoms. The fraction of sp³-hybridized carbons (Fsp3) is 0.440. The molecule has 0 bridgehead atoms. The molecule has 0 heterocycles. The largest absolute Gasteiger partial charge is 0.494 e. The van der Waals surface area contributed by atoms with Crippen molar-refractivity contribution in [2.45, 2.75) is 46.0 Å². The SMILES string of the molecule is CCCCCCCOc1cccc(NC(=S)NC(=O)c2ccc(OCCOCC)cc2)c1. The van der Waals surface area contributed by atoms with Crippen molar-refractivity contribution in [3.63, 3.8) is 0 Å². The van der Waals surface area contributed by atoms with Crippen molar-refractivity contribution >= 4 is 28.9 Å². The third-order valence-electron chi connectivity index (χ3n) is 4.65. The number of rotatable bonds is 14. The van der Waals surface area contributed by atoms with E-state index in [2.05, 4.69) is 17.6 Å². The van der Waals surface area contributed by atoms with Crippen molar-refractivity contribution in [2.24, 2.45) is 0 Å². The summed E-state index contributed by atoms with van der Waals surface area (Å²) in [6.45, 7) is 6.50. The molecule has 2 aromatic rings. The minimum Gasteiger partial charge on any atom is -0.494 e. The molecule has 2 N–H and O–H groups in total. The molecule has 2 rings (SSSR count). The highest BCUT2D eigenvalue weighted by molar-refractivity contribution is 7.80. The number of nitrogens with one attached hydrogen (secondary N) is 2. The molecular formula is C25H34N2O4S. The molecule has 1 amide bonds. The maximum atomic E-state index is 12.4. The third kappa shape index (κ3) is 10.1. The first-order valence-electron chi connectivity index (χ1n) is 11.3. The van der Waals surface area contributed by atoms with Gasteiger partial charge < -0.3 is 19.5 Å². The van der Waals surface area contributed by atoms with Gasteiger partial charge in [0.25, 0.3) is 5.91 Å². The van der Waals surface area contributed by atoms with Crippen LogP contribution in [0.1, 0.15) is 56.3 Å². The molecule has 0 saturated carbocycles. The standard InChI is InChI=1S/C25H34N2O4S/c1-3-5-6-7-8-16-30-23-11-9-10-21(19-23)26-25(32)27-24(28)20-12-14-22(15-13-20)31-18-17-29-4-2/h9-15,19H,3-8,16-18H2,1-2H3,(H2,26,27,28,32). The third-order valence-corrected chi connectivity index (χ3v) is 4.86. The number of benzene rings is 2. The number of hydrogen-bond donors (Lipinski definition) is 2. The summed E-state index contributed by atoms with van der Waals surface area (Å²) in [6, 6.07) is 14.5. The molecule has 0 aliphatic carbocycles. The molecule has 0 unspecified atom stereocenters. The van der Waals surface area contributed by atoms with Crippen LogP contribution in [0, 0.1) is 0 Å². The van der Waals surface area contributed by atoms with E-state index in [4.69, 9.17) is 26.4 Å². The highest BCUT2D eigenvalue weighted by Crippen LogP contribution is 2.18. The van der Waals surface area contributed by atoms with E-state index in [1.165, 1.54) is 25.7 Å². The number of carbonyl (C=O) groups excluding carboxylic acids is 1. The zero-order valence-corrected chi connectivity index (χ0v) is 19.8. The first-order valence-corrected chi connectivity index (χ1v) is 11.7. The van der Waals surface area contributed by atoms with Gasteiger partial charge >= 0.3 is 0 Å². The lowest BCUT2D eigenvalue weighted by molar-refractivity contribution is 0.0977. The Morgan fingerprint density at radius 2 is 1.62 bits per heavy atom. The molecular weight excluding hydrogens is 424 g/mol. The van der Waals surface area contributed by atoms with Gasteiger partial charge in [0.2, 0.25) is 0 Å². The number of carbonyl (C=O) groups is 1. The van der Waals surface area contributed by atoms with E-state index in [1.54, 1.807) is 24.3 Å². The van der Waals surface area contributed by atoms with Gasteiger partial charge in [-0.2, -0.15) is 0 Å². The van der Waals surface area contributed by atoms with Crippen LogP contribution in [0.25, 0.3) is 0 Å². The Bertz CT molecular complexity index is 827. The lowest BCUT2D eigenvalue weighted by atomic mass is 10.2. The van der Waals surface area contributed by atoms with Crippen molar-refractivity contribution in [3.8, 4) is 11.5 Å². The van der Waals surface area contributed by atoms with Gasteiger partial charge in [-0.05, 0) is 62.0 Å². The van der Waals surface area contributed by atoms with Crippen LogP contribution in [0.2, 0.25) is 0 Å². The first-order chi connectivity index (χ1) is 15.6. The average Bonchev–Trinajstić information content (AvgIpc) is 2.79. The van der Waals surface area contributed by atoms with E-state index in [0.717, 1.165) is 17.9 Å². The van der Waals surface area contributed by atoms with Crippen LogP contribution < -0.4 is 20.1 Å². The van der Waals surface area contributed by atoms with Gasteiger partial charge in [0.15, 0.2) is 5.11 Å².